The molecule has 1 aliphatic heterocycles. The van der Waals surface area contributed by atoms with Crippen molar-refractivity contribution in [3.8, 4) is 0 Å². The Balaban J connectivity index is 1.98. The Morgan fingerprint density at radius 1 is 1.10 bits per heavy atom. The van der Waals surface area contributed by atoms with Gasteiger partial charge in [0, 0.05) is 19.0 Å². The number of hydrogen-bond donors (Lipinski definition) is 0. The number of nitrogens with zero attached hydrogens (tertiary/aromatic N) is 2. The number of hydrogen-bond acceptors (Lipinski definition) is 3. The Hall–Kier alpha value is -1.74. The average molecular weight is 296 g/mol. The van der Waals surface area contributed by atoms with Crippen molar-refractivity contribution in [1.29, 1.82) is 0 Å². The summed E-state index contributed by atoms with van der Waals surface area (Å²) in [7, 11) is 0. The van der Waals surface area contributed by atoms with E-state index in [1.54, 1.807) is 11.8 Å². The molecule has 0 saturated heterocycles. The molecule has 1 atom stereocenters. The number of para-hydroxylation sites is 2. The maximum absolute atomic E-state index is 4.84. The van der Waals surface area contributed by atoms with Crippen molar-refractivity contribution in [2.75, 3.05) is 11.2 Å². The van der Waals surface area contributed by atoms with Gasteiger partial charge < -0.3 is 4.90 Å². The number of anilines is 1. The molecule has 108 valence electrons. The van der Waals surface area contributed by atoms with Crippen LogP contribution in [0.2, 0.25) is 0 Å². The Morgan fingerprint density at radius 3 is 2.57 bits per heavy atom. The van der Waals surface area contributed by atoms with Crippen molar-refractivity contribution >= 4 is 28.2 Å². The van der Waals surface area contributed by atoms with Crippen molar-refractivity contribution in [1.82, 2.24) is 0 Å². The maximum atomic E-state index is 4.84. The molecule has 2 nitrogen and oxygen atoms in total. The molecule has 0 aliphatic carbocycles. The fourth-order valence-corrected chi connectivity index (χ4v) is 3.33. The van der Waals surface area contributed by atoms with E-state index in [1.807, 2.05) is 0 Å². The Kier molecular flexibility index (Phi) is 4.30. The zero-order valence-corrected chi connectivity index (χ0v) is 13.3. The topological polar surface area (TPSA) is 15.6 Å². The van der Waals surface area contributed by atoms with E-state index in [-0.39, 0.29) is 0 Å². The summed E-state index contributed by atoms with van der Waals surface area (Å²) in [6.45, 7) is 3.22. The summed E-state index contributed by atoms with van der Waals surface area (Å²) in [5, 5.41) is 1.21. The number of benzene rings is 2. The number of aliphatic imine (C=N–C) groups is 1. The van der Waals surface area contributed by atoms with E-state index in [0.29, 0.717) is 6.04 Å². The first-order valence-electron chi connectivity index (χ1n) is 7.29. The molecule has 2 aromatic carbocycles. The van der Waals surface area contributed by atoms with Crippen LogP contribution in [0.15, 0.2) is 59.6 Å². The SMILES string of the molecule is CSC1=Nc2ccccc2N(Cc2ccccc2)C(C)C1. The first kappa shape index (κ1) is 14.2. The number of thioether (sulfide) groups is 1. The van der Waals surface area contributed by atoms with E-state index in [1.165, 1.54) is 16.3 Å². The third-order valence-electron chi connectivity index (χ3n) is 3.87. The normalized spacial score (nSPS) is 17.9. The van der Waals surface area contributed by atoms with Crippen molar-refractivity contribution < 1.29 is 0 Å². The zero-order valence-electron chi connectivity index (χ0n) is 12.5. The van der Waals surface area contributed by atoms with Gasteiger partial charge in [-0.25, -0.2) is 4.99 Å². The van der Waals surface area contributed by atoms with Gasteiger partial charge in [0.25, 0.3) is 0 Å². The molecule has 0 spiro atoms. The molecule has 0 saturated carbocycles. The molecule has 2 aromatic rings. The summed E-state index contributed by atoms with van der Waals surface area (Å²) >= 11 is 1.76. The highest BCUT2D eigenvalue weighted by Crippen LogP contribution is 2.35. The minimum Gasteiger partial charge on any atom is -0.362 e. The predicted octanol–water partition coefficient (Wildman–Crippen LogP) is 4.88. The van der Waals surface area contributed by atoms with E-state index in [2.05, 4.69) is 72.7 Å². The van der Waals surface area contributed by atoms with E-state index in [9.17, 15) is 0 Å². The van der Waals surface area contributed by atoms with Gasteiger partial charge in [-0.2, -0.15) is 0 Å². The molecular weight excluding hydrogens is 276 g/mol. The monoisotopic (exact) mass is 296 g/mol. The fourth-order valence-electron chi connectivity index (χ4n) is 2.73. The second-order valence-corrected chi connectivity index (χ2v) is 6.24. The quantitative estimate of drug-likeness (QED) is 0.785. The fraction of sp³-hybridized carbons (Fsp3) is 0.278. The summed E-state index contributed by atoms with van der Waals surface area (Å²) in [6, 6.07) is 19.6. The van der Waals surface area contributed by atoms with Crippen LogP contribution >= 0.6 is 11.8 Å². The van der Waals surface area contributed by atoms with Gasteiger partial charge in [-0.15, -0.1) is 11.8 Å². The molecule has 1 unspecified atom stereocenters. The van der Waals surface area contributed by atoms with Gasteiger partial charge in [0.1, 0.15) is 0 Å². The van der Waals surface area contributed by atoms with Crippen LogP contribution in [-0.2, 0) is 6.54 Å². The summed E-state index contributed by atoms with van der Waals surface area (Å²) in [6.07, 6.45) is 3.11. The lowest BCUT2D eigenvalue weighted by Gasteiger charge is -2.30. The van der Waals surface area contributed by atoms with Crippen LogP contribution in [0.4, 0.5) is 11.4 Å². The van der Waals surface area contributed by atoms with Crippen LogP contribution in [0, 0.1) is 0 Å². The summed E-state index contributed by atoms with van der Waals surface area (Å²) in [4.78, 5) is 7.31. The van der Waals surface area contributed by atoms with Crippen LogP contribution in [0.1, 0.15) is 18.9 Å². The van der Waals surface area contributed by atoms with Crippen LogP contribution in [0.5, 0.6) is 0 Å². The molecule has 1 aliphatic rings. The highest BCUT2D eigenvalue weighted by atomic mass is 32.2. The molecule has 0 aromatic heterocycles. The third-order valence-corrected chi connectivity index (χ3v) is 4.60. The lowest BCUT2D eigenvalue weighted by Crippen LogP contribution is -2.32. The highest BCUT2D eigenvalue weighted by molar-refractivity contribution is 8.13. The van der Waals surface area contributed by atoms with Gasteiger partial charge in [-0.3, -0.25) is 0 Å². The van der Waals surface area contributed by atoms with Crippen molar-refractivity contribution in [2.24, 2.45) is 4.99 Å². The lowest BCUT2D eigenvalue weighted by atomic mass is 10.1. The van der Waals surface area contributed by atoms with Gasteiger partial charge in [0.2, 0.25) is 0 Å². The van der Waals surface area contributed by atoms with Crippen LogP contribution in [0.3, 0.4) is 0 Å². The number of fused-ring (bicyclic) bond motifs is 1. The molecule has 21 heavy (non-hydrogen) atoms. The van der Waals surface area contributed by atoms with Crippen molar-refractivity contribution in [3.05, 3.63) is 60.2 Å². The van der Waals surface area contributed by atoms with Crippen LogP contribution < -0.4 is 4.90 Å². The van der Waals surface area contributed by atoms with Gasteiger partial charge >= 0.3 is 0 Å². The molecule has 0 N–H and O–H groups in total. The standard InChI is InChI=1S/C18H20N2S/c1-14-12-18(21-2)19-16-10-6-7-11-17(16)20(14)13-15-8-4-3-5-9-15/h3-11,14H,12-13H2,1-2H3. The molecule has 3 rings (SSSR count). The first-order chi connectivity index (χ1) is 10.3. The Morgan fingerprint density at radius 2 is 1.81 bits per heavy atom. The highest BCUT2D eigenvalue weighted by Gasteiger charge is 2.22. The maximum Gasteiger partial charge on any atom is 0.0872 e. The molecule has 0 radical (unpaired) electrons. The van der Waals surface area contributed by atoms with E-state index in [4.69, 9.17) is 4.99 Å². The zero-order chi connectivity index (χ0) is 14.7. The van der Waals surface area contributed by atoms with Gasteiger partial charge in [-0.05, 0) is 30.9 Å². The van der Waals surface area contributed by atoms with Crippen LogP contribution in [-0.4, -0.2) is 17.3 Å². The van der Waals surface area contributed by atoms with Crippen molar-refractivity contribution in [3.63, 3.8) is 0 Å². The molecule has 0 fully saturated rings. The average Bonchev–Trinajstić information content (AvgIpc) is 2.66. The van der Waals surface area contributed by atoms with E-state index in [0.717, 1.165) is 18.7 Å². The molecule has 3 heteroatoms. The molecule has 0 amide bonds. The largest absolute Gasteiger partial charge is 0.362 e. The minimum atomic E-state index is 0.444. The Labute approximate surface area is 130 Å². The molecule has 0 bridgehead atoms. The van der Waals surface area contributed by atoms with Gasteiger partial charge in [0.05, 0.1) is 16.4 Å². The first-order valence-corrected chi connectivity index (χ1v) is 8.51. The van der Waals surface area contributed by atoms with Gasteiger partial charge in [-0.1, -0.05) is 42.5 Å². The summed E-state index contributed by atoms with van der Waals surface area (Å²) in [5.74, 6) is 0. The summed E-state index contributed by atoms with van der Waals surface area (Å²) in [5.41, 5.74) is 3.66. The predicted molar refractivity (Wildman–Crippen MR) is 93.8 cm³/mol. The number of rotatable bonds is 2. The van der Waals surface area contributed by atoms with E-state index >= 15 is 0 Å². The third kappa shape index (κ3) is 3.13. The van der Waals surface area contributed by atoms with Crippen molar-refractivity contribution in [2.45, 2.75) is 25.9 Å². The smallest absolute Gasteiger partial charge is 0.0872 e. The van der Waals surface area contributed by atoms with Crippen LogP contribution in [0.25, 0.3) is 0 Å². The second kappa shape index (κ2) is 6.35. The lowest BCUT2D eigenvalue weighted by molar-refractivity contribution is 0.659. The molecule has 1 heterocycles. The van der Waals surface area contributed by atoms with E-state index < -0.39 is 0 Å². The summed E-state index contributed by atoms with van der Waals surface area (Å²) < 4.78 is 0. The molecular formula is C18H20N2S. The second-order valence-electron chi connectivity index (χ2n) is 5.37. The van der Waals surface area contributed by atoms with Gasteiger partial charge in [0.15, 0.2) is 0 Å². The minimum absolute atomic E-state index is 0.444. The Bertz CT molecular complexity index is 637.